The maximum absolute atomic E-state index is 13.2. The lowest BCUT2D eigenvalue weighted by Gasteiger charge is -2.27. The van der Waals surface area contributed by atoms with E-state index in [1.807, 2.05) is 0 Å². The average molecular weight is 550 g/mol. The first-order valence-corrected chi connectivity index (χ1v) is 11.5. The monoisotopic (exact) mass is 549 g/mol. The topological polar surface area (TPSA) is 101 Å². The standard InChI is InChI=1S/C24H22ClF6N3O3/c25-17-7-3-6-13-12-4-1-2-5-14(12)19(22(37)33-18(13)17)34-21(36)16(9-11-24(29,30)31)15(20(32)35)8-10-23(26,27)28/h1-7,15-16,19H,8-11H2,(H2,32,35)(H,33,37)(H,34,36)/t15-,16+,19-/m0/s1. The van der Waals surface area contributed by atoms with Crippen LogP contribution in [-0.2, 0) is 14.4 Å². The van der Waals surface area contributed by atoms with Gasteiger partial charge < -0.3 is 16.4 Å². The zero-order chi connectivity index (χ0) is 27.5. The van der Waals surface area contributed by atoms with Crippen molar-refractivity contribution in [1.29, 1.82) is 0 Å². The molecular formula is C24H22ClF6N3O3. The van der Waals surface area contributed by atoms with E-state index in [1.165, 1.54) is 12.1 Å². The third-order valence-electron chi connectivity index (χ3n) is 6.04. The molecule has 3 atom stereocenters. The number of alkyl halides is 6. The number of fused-ring (bicyclic) bond motifs is 3. The highest BCUT2D eigenvalue weighted by Crippen LogP contribution is 2.41. The first-order chi connectivity index (χ1) is 17.2. The molecule has 2 aromatic carbocycles. The minimum Gasteiger partial charge on any atom is -0.369 e. The van der Waals surface area contributed by atoms with Crippen molar-refractivity contribution >= 4 is 35.0 Å². The van der Waals surface area contributed by atoms with Crippen LogP contribution in [0, 0.1) is 11.8 Å². The SMILES string of the molecule is NC(=O)[C@@H](CCC(F)(F)F)[C@@H](CCC(F)(F)F)C(=O)N[C@@H]1C(=O)Nc2c(Cl)cccc2-c2ccccc21. The van der Waals surface area contributed by atoms with Gasteiger partial charge in [-0.15, -0.1) is 0 Å². The summed E-state index contributed by atoms with van der Waals surface area (Å²) in [5.41, 5.74) is 6.74. The Morgan fingerprint density at radius 3 is 2.08 bits per heavy atom. The third kappa shape index (κ3) is 7.15. The average Bonchev–Trinajstić information content (AvgIpc) is 2.90. The lowest BCUT2D eigenvalue weighted by molar-refractivity contribution is -0.152. The summed E-state index contributed by atoms with van der Waals surface area (Å²) in [4.78, 5) is 38.3. The second-order valence-electron chi connectivity index (χ2n) is 8.60. The molecule has 2 aromatic rings. The molecule has 0 saturated heterocycles. The molecule has 0 aliphatic carbocycles. The van der Waals surface area contributed by atoms with Crippen LogP contribution in [0.1, 0.15) is 37.3 Å². The molecule has 0 radical (unpaired) electrons. The molecule has 0 saturated carbocycles. The van der Waals surface area contributed by atoms with Crippen molar-refractivity contribution in [2.24, 2.45) is 17.6 Å². The van der Waals surface area contributed by atoms with Gasteiger partial charge in [-0.25, -0.2) is 0 Å². The molecule has 13 heteroatoms. The van der Waals surface area contributed by atoms with Crippen LogP contribution in [-0.4, -0.2) is 30.1 Å². The van der Waals surface area contributed by atoms with Gasteiger partial charge in [0.15, 0.2) is 0 Å². The number of hydrogen-bond donors (Lipinski definition) is 3. The van der Waals surface area contributed by atoms with Gasteiger partial charge >= 0.3 is 12.4 Å². The highest BCUT2D eigenvalue weighted by Gasteiger charge is 2.41. The number of primary amides is 1. The van der Waals surface area contributed by atoms with E-state index in [9.17, 15) is 40.7 Å². The van der Waals surface area contributed by atoms with Gasteiger partial charge in [0, 0.05) is 30.2 Å². The summed E-state index contributed by atoms with van der Waals surface area (Å²) in [6.45, 7) is 0. The van der Waals surface area contributed by atoms with Gasteiger partial charge in [-0.2, -0.15) is 26.3 Å². The number of amides is 3. The van der Waals surface area contributed by atoms with Crippen molar-refractivity contribution in [1.82, 2.24) is 5.32 Å². The minimum atomic E-state index is -4.75. The van der Waals surface area contributed by atoms with E-state index >= 15 is 0 Å². The number of halogens is 7. The number of nitrogens with two attached hydrogens (primary N) is 1. The molecule has 1 aliphatic heterocycles. The maximum Gasteiger partial charge on any atom is 0.389 e. The van der Waals surface area contributed by atoms with Crippen LogP contribution in [0.25, 0.3) is 11.1 Å². The Morgan fingerprint density at radius 1 is 0.919 bits per heavy atom. The highest BCUT2D eigenvalue weighted by molar-refractivity contribution is 6.34. The fraction of sp³-hybridized carbons (Fsp3) is 0.375. The summed E-state index contributed by atoms with van der Waals surface area (Å²) in [6, 6.07) is 9.74. The van der Waals surface area contributed by atoms with Crippen LogP contribution < -0.4 is 16.4 Å². The van der Waals surface area contributed by atoms with Gasteiger partial charge in [0.2, 0.25) is 11.8 Å². The summed E-state index contributed by atoms with van der Waals surface area (Å²) in [5, 5.41) is 5.11. The summed E-state index contributed by atoms with van der Waals surface area (Å²) >= 11 is 6.23. The van der Waals surface area contributed by atoms with Gasteiger partial charge in [-0.1, -0.05) is 48.0 Å². The van der Waals surface area contributed by atoms with E-state index in [-0.39, 0.29) is 16.3 Å². The molecule has 200 valence electrons. The second-order valence-corrected chi connectivity index (χ2v) is 9.01. The van der Waals surface area contributed by atoms with E-state index in [4.69, 9.17) is 17.3 Å². The number of benzene rings is 2. The van der Waals surface area contributed by atoms with Crippen molar-refractivity contribution in [3.05, 3.63) is 53.1 Å². The molecule has 1 aliphatic rings. The Labute approximate surface area is 212 Å². The maximum atomic E-state index is 13.2. The fourth-order valence-corrected chi connectivity index (χ4v) is 4.52. The smallest absolute Gasteiger partial charge is 0.369 e. The van der Waals surface area contributed by atoms with Crippen LogP contribution in [0.2, 0.25) is 5.02 Å². The van der Waals surface area contributed by atoms with Crippen LogP contribution >= 0.6 is 11.6 Å². The molecule has 0 fully saturated rings. The number of anilines is 1. The van der Waals surface area contributed by atoms with Crippen LogP contribution in [0.5, 0.6) is 0 Å². The number of para-hydroxylation sites is 1. The van der Waals surface area contributed by atoms with Crippen LogP contribution in [0.15, 0.2) is 42.5 Å². The summed E-state index contributed by atoms with van der Waals surface area (Å²) in [6.07, 6.45) is -14.5. The Morgan fingerprint density at radius 2 is 1.49 bits per heavy atom. The van der Waals surface area contributed by atoms with Gasteiger partial charge in [-0.3, -0.25) is 14.4 Å². The summed E-state index contributed by atoms with van der Waals surface area (Å²) in [7, 11) is 0. The van der Waals surface area contributed by atoms with Crippen LogP contribution in [0.3, 0.4) is 0 Å². The predicted octanol–water partition coefficient (Wildman–Crippen LogP) is 5.52. The Kier molecular flexibility index (Phi) is 8.41. The van der Waals surface area contributed by atoms with Crippen molar-refractivity contribution < 1.29 is 40.7 Å². The largest absolute Gasteiger partial charge is 0.389 e. The Bertz CT molecular complexity index is 1190. The fourth-order valence-electron chi connectivity index (χ4n) is 4.29. The van der Waals surface area contributed by atoms with Gasteiger partial charge in [-0.05, 0) is 30.0 Å². The van der Waals surface area contributed by atoms with E-state index in [0.29, 0.717) is 11.1 Å². The zero-order valence-electron chi connectivity index (χ0n) is 19.0. The second kappa shape index (κ2) is 11.0. The quantitative estimate of drug-likeness (QED) is 0.378. The first-order valence-electron chi connectivity index (χ1n) is 11.1. The molecule has 37 heavy (non-hydrogen) atoms. The van der Waals surface area contributed by atoms with E-state index in [2.05, 4.69) is 10.6 Å². The van der Waals surface area contributed by atoms with Gasteiger partial charge in [0.25, 0.3) is 5.91 Å². The lowest BCUT2D eigenvalue weighted by atomic mass is 9.83. The summed E-state index contributed by atoms with van der Waals surface area (Å²) < 4.78 is 77.4. The Balaban J connectivity index is 1.97. The minimum absolute atomic E-state index is 0.191. The zero-order valence-corrected chi connectivity index (χ0v) is 19.8. The Hall–Kier alpha value is -3.28. The molecule has 0 bridgehead atoms. The molecule has 0 aromatic heterocycles. The number of rotatable bonds is 8. The molecule has 4 N–H and O–H groups in total. The first kappa shape index (κ1) is 28.3. The van der Waals surface area contributed by atoms with E-state index < -0.39 is 73.6 Å². The number of hydrogen-bond acceptors (Lipinski definition) is 3. The normalized spacial score (nSPS) is 17.1. The van der Waals surface area contributed by atoms with Gasteiger partial charge in [0.05, 0.1) is 10.7 Å². The van der Waals surface area contributed by atoms with Crippen LogP contribution in [0.4, 0.5) is 32.0 Å². The van der Waals surface area contributed by atoms with Crippen molar-refractivity contribution in [3.8, 4) is 11.1 Å². The number of carbonyl (C=O) groups is 3. The lowest BCUT2D eigenvalue weighted by Crippen LogP contribution is -2.45. The number of nitrogens with one attached hydrogen (secondary N) is 2. The molecule has 0 spiro atoms. The van der Waals surface area contributed by atoms with Crippen molar-refractivity contribution in [2.45, 2.75) is 44.1 Å². The highest BCUT2D eigenvalue weighted by atomic mass is 35.5. The molecule has 1 heterocycles. The van der Waals surface area contributed by atoms with E-state index in [1.54, 1.807) is 30.3 Å². The van der Waals surface area contributed by atoms with E-state index in [0.717, 1.165) is 0 Å². The molecule has 3 rings (SSSR count). The summed E-state index contributed by atoms with van der Waals surface area (Å²) in [5.74, 6) is -7.05. The van der Waals surface area contributed by atoms with Crippen molar-refractivity contribution in [3.63, 3.8) is 0 Å². The molecule has 3 amide bonds. The molecule has 0 unspecified atom stereocenters. The molecular weight excluding hydrogens is 528 g/mol. The van der Waals surface area contributed by atoms with Crippen molar-refractivity contribution in [2.75, 3.05) is 5.32 Å². The van der Waals surface area contributed by atoms with Gasteiger partial charge in [0.1, 0.15) is 6.04 Å². The third-order valence-corrected chi connectivity index (χ3v) is 6.35. The molecule has 6 nitrogen and oxygen atoms in total. The predicted molar refractivity (Wildman–Crippen MR) is 123 cm³/mol. The number of carbonyl (C=O) groups excluding carboxylic acids is 3.